The Morgan fingerprint density at radius 3 is 2.28 bits per heavy atom. The number of hydrogen-bond donors (Lipinski definition) is 1. The van der Waals surface area contributed by atoms with E-state index in [2.05, 4.69) is 5.32 Å². The van der Waals surface area contributed by atoms with Gasteiger partial charge in [0.25, 0.3) is 0 Å². The van der Waals surface area contributed by atoms with E-state index in [-0.39, 0.29) is 24.1 Å². The number of rotatable bonds is 6. The van der Waals surface area contributed by atoms with E-state index in [1.807, 2.05) is 31.2 Å². The molecule has 2 amide bonds. The number of nitrogens with zero attached hydrogens (tertiary/aromatic N) is 1. The topological polar surface area (TPSA) is 49.4 Å². The van der Waals surface area contributed by atoms with Gasteiger partial charge in [0.15, 0.2) is 0 Å². The SMILES string of the molecule is Cc1ccc(NC(=O)CN(C)C(=O)CSc2c(Cl)cccc2Cl)cc1. The molecule has 0 bridgehead atoms. The molecule has 0 atom stereocenters. The predicted molar refractivity (Wildman–Crippen MR) is 105 cm³/mol. The number of hydrogen-bond acceptors (Lipinski definition) is 3. The van der Waals surface area contributed by atoms with Gasteiger partial charge in [0.1, 0.15) is 0 Å². The lowest BCUT2D eigenvalue weighted by atomic mass is 10.2. The minimum absolute atomic E-state index is 0.0243. The number of anilines is 1. The molecule has 132 valence electrons. The molecular weight excluding hydrogens is 379 g/mol. The van der Waals surface area contributed by atoms with Crippen LogP contribution in [0.25, 0.3) is 0 Å². The Bertz CT molecular complexity index is 746. The summed E-state index contributed by atoms with van der Waals surface area (Å²) in [4.78, 5) is 26.3. The summed E-state index contributed by atoms with van der Waals surface area (Å²) in [6.45, 7) is 1.95. The molecule has 0 aliphatic heterocycles. The molecule has 0 radical (unpaired) electrons. The zero-order chi connectivity index (χ0) is 18.4. The van der Waals surface area contributed by atoms with Gasteiger partial charge in [-0.25, -0.2) is 0 Å². The van der Waals surface area contributed by atoms with Crippen LogP contribution in [-0.4, -0.2) is 36.1 Å². The van der Waals surface area contributed by atoms with Gasteiger partial charge in [-0.1, -0.05) is 47.0 Å². The Morgan fingerprint density at radius 2 is 1.68 bits per heavy atom. The molecule has 25 heavy (non-hydrogen) atoms. The molecular formula is C18H18Cl2N2O2S. The van der Waals surface area contributed by atoms with Crippen LogP contribution in [-0.2, 0) is 9.59 Å². The van der Waals surface area contributed by atoms with E-state index in [0.717, 1.165) is 5.56 Å². The highest BCUT2D eigenvalue weighted by Crippen LogP contribution is 2.33. The summed E-state index contributed by atoms with van der Waals surface area (Å²) in [5, 5.41) is 3.77. The number of nitrogens with one attached hydrogen (secondary N) is 1. The van der Waals surface area contributed by atoms with Gasteiger partial charge < -0.3 is 10.2 Å². The van der Waals surface area contributed by atoms with E-state index < -0.39 is 0 Å². The Kier molecular flexibility index (Phi) is 7.17. The Morgan fingerprint density at radius 1 is 1.08 bits per heavy atom. The fourth-order valence-corrected chi connectivity index (χ4v) is 3.63. The molecule has 0 heterocycles. The van der Waals surface area contributed by atoms with E-state index >= 15 is 0 Å². The predicted octanol–water partition coefficient (Wildman–Crippen LogP) is 4.49. The third kappa shape index (κ3) is 5.96. The first-order chi connectivity index (χ1) is 11.9. The molecule has 0 aliphatic carbocycles. The standard InChI is InChI=1S/C18H18Cl2N2O2S/c1-12-6-8-13(9-7-12)21-16(23)10-22(2)17(24)11-25-18-14(19)4-3-5-15(18)20/h3-9H,10-11H2,1-2H3,(H,21,23). The van der Waals surface area contributed by atoms with Crippen molar-refractivity contribution < 1.29 is 9.59 Å². The van der Waals surface area contributed by atoms with Crippen LogP contribution in [0.4, 0.5) is 5.69 Å². The van der Waals surface area contributed by atoms with E-state index in [9.17, 15) is 9.59 Å². The van der Waals surface area contributed by atoms with Crippen LogP contribution in [0.2, 0.25) is 10.0 Å². The fraction of sp³-hybridized carbons (Fsp3) is 0.222. The summed E-state index contributed by atoms with van der Waals surface area (Å²) in [6.07, 6.45) is 0. The van der Waals surface area contributed by atoms with Gasteiger partial charge in [0.2, 0.25) is 11.8 Å². The van der Waals surface area contributed by atoms with Crippen LogP contribution in [0.5, 0.6) is 0 Å². The van der Waals surface area contributed by atoms with Crippen LogP contribution >= 0.6 is 35.0 Å². The molecule has 2 aromatic rings. The van der Waals surface area contributed by atoms with Crippen molar-refractivity contribution in [1.82, 2.24) is 4.90 Å². The zero-order valence-electron chi connectivity index (χ0n) is 13.9. The van der Waals surface area contributed by atoms with Gasteiger partial charge in [0, 0.05) is 17.6 Å². The molecule has 2 aromatic carbocycles. The molecule has 0 fully saturated rings. The molecule has 0 spiro atoms. The Hall–Kier alpha value is -1.69. The van der Waals surface area contributed by atoms with Crippen molar-refractivity contribution in [2.45, 2.75) is 11.8 Å². The maximum atomic E-state index is 12.2. The molecule has 0 aliphatic rings. The monoisotopic (exact) mass is 396 g/mol. The van der Waals surface area contributed by atoms with E-state index in [1.54, 1.807) is 25.2 Å². The number of halogens is 2. The number of aryl methyl sites for hydroxylation is 1. The number of carbonyl (C=O) groups is 2. The first-order valence-corrected chi connectivity index (χ1v) is 9.28. The largest absolute Gasteiger partial charge is 0.336 e. The highest BCUT2D eigenvalue weighted by Gasteiger charge is 2.15. The number of thioether (sulfide) groups is 1. The third-order valence-corrected chi connectivity index (χ3v) is 5.37. The zero-order valence-corrected chi connectivity index (χ0v) is 16.2. The molecule has 7 heteroatoms. The summed E-state index contributed by atoms with van der Waals surface area (Å²) in [5.41, 5.74) is 1.81. The molecule has 4 nitrogen and oxygen atoms in total. The van der Waals surface area contributed by atoms with E-state index in [1.165, 1.54) is 16.7 Å². The maximum absolute atomic E-state index is 12.2. The smallest absolute Gasteiger partial charge is 0.243 e. The van der Waals surface area contributed by atoms with E-state index in [0.29, 0.717) is 20.6 Å². The lowest BCUT2D eigenvalue weighted by Crippen LogP contribution is -2.35. The molecule has 0 unspecified atom stereocenters. The number of carbonyl (C=O) groups excluding carboxylic acids is 2. The van der Waals surface area contributed by atoms with Crippen LogP contribution in [0, 0.1) is 6.92 Å². The second-order valence-electron chi connectivity index (χ2n) is 5.50. The van der Waals surface area contributed by atoms with Crippen molar-refractivity contribution in [3.8, 4) is 0 Å². The van der Waals surface area contributed by atoms with Crippen molar-refractivity contribution >= 4 is 52.5 Å². The highest BCUT2D eigenvalue weighted by atomic mass is 35.5. The van der Waals surface area contributed by atoms with Crippen molar-refractivity contribution in [1.29, 1.82) is 0 Å². The van der Waals surface area contributed by atoms with Crippen LogP contribution in [0.15, 0.2) is 47.4 Å². The summed E-state index contributed by atoms with van der Waals surface area (Å²) < 4.78 is 0. The highest BCUT2D eigenvalue weighted by molar-refractivity contribution is 8.00. The molecule has 2 rings (SSSR count). The van der Waals surface area contributed by atoms with Crippen LogP contribution < -0.4 is 5.32 Å². The quantitative estimate of drug-likeness (QED) is 0.731. The maximum Gasteiger partial charge on any atom is 0.243 e. The summed E-state index contributed by atoms with van der Waals surface area (Å²) >= 11 is 13.4. The number of amides is 2. The number of benzene rings is 2. The van der Waals surface area contributed by atoms with Crippen molar-refractivity contribution in [3.05, 3.63) is 58.1 Å². The first-order valence-electron chi connectivity index (χ1n) is 7.54. The summed E-state index contributed by atoms with van der Waals surface area (Å²) in [7, 11) is 1.59. The van der Waals surface area contributed by atoms with Crippen molar-refractivity contribution in [3.63, 3.8) is 0 Å². The van der Waals surface area contributed by atoms with Crippen molar-refractivity contribution in [2.75, 3.05) is 24.7 Å². The molecule has 0 saturated heterocycles. The normalized spacial score (nSPS) is 10.4. The van der Waals surface area contributed by atoms with Crippen molar-refractivity contribution in [2.24, 2.45) is 0 Å². The second-order valence-corrected chi connectivity index (χ2v) is 7.30. The molecule has 0 aromatic heterocycles. The van der Waals surface area contributed by atoms with Gasteiger partial charge in [-0.15, -0.1) is 11.8 Å². The minimum atomic E-state index is -0.250. The molecule has 1 N–H and O–H groups in total. The Balaban J connectivity index is 1.85. The van der Waals surface area contributed by atoms with Crippen LogP contribution in [0.3, 0.4) is 0 Å². The number of likely N-dealkylation sites (N-methyl/N-ethyl adjacent to an activating group) is 1. The van der Waals surface area contributed by atoms with E-state index in [4.69, 9.17) is 23.2 Å². The average Bonchev–Trinajstić information content (AvgIpc) is 2.56. The van der Waals surface area contributed by atoms with Gasteiger partial charge in [-0.05, 0) is 31.2 Å². The fourth-order valence-electron chi connectivity index (χ4n) is 2.01. The van der Waals surface area contributed by atoms with Gasteiger partial charge in [0.05, 0.1) is 22.3 Å². The summed E-state index contributed by atoms with van der Waals surface area (Å²) in [5.74, 6) is -0.280. The second kappa shape index (κ2) is 9.13. The molecule has 0 saturated carbocycles. The van der Waals surface area contributed by atoms with Crippen LogP contribution in [0.1, 0.15) is 5.56 Å². The lowest BCUT2D eigenvalue weighted by Gasteiger charge is -2.17. The van der Waals surface area contributed by atoms with Gasteiger partial charge in [-0.2, -0.15) is 0 Å². The Labute approximate surface area is 161 Å². The average molecular weight is 397 g/mol. The first kappa shape index (κ1) is 19.6. The minimum Gasteiger partial charge on any atom is -0.336 e. The third-order valence-electron chi connectivity index (χ3n) is 3.40. The lowest BCUT2D eigenvalue weighted by molar-refractivity contribution is -0.131. The summed E-state index contributed by atoms with van der Waals surface area (Å²) in [6, 6.07) is 12.7. The van der Waals surface area contributed by atoms with Gasteiger partial charge in [-0.3, -0.25) is 9.59 Å². The van der Waals surface area contributed by atoms with Gasteiger partial charge >= 0.3 is 0 Å².